The largest absolute Gasteiger partial charge is 0.504 e. The van der Waals surface area contributed by atoms with E-state index in [2.05, 4.69) is 4.74 Å². The van der Waals surface area contributed by atoms with E-state index in [9.17, 15) is 19.1 Å². The van der Waals surface area contributed by atoms with Gasteiger partial charge in [-0.25, -0.2) is 9.18 Å². The molecule has 0 bridgehead atoms. The molecular weight excluding hydrogens is 215 g/mol. The van der Waals surface area contributed by atoms with Crippen LogP contribution in [0, 0.1) is 12.7 Å². The number of carbonyl (C=O) groups excluding carboxylic acids is 2. The molecular formula is C11H11FO4. The molecule has 0 aliphatic carbocycles. The number of hydrogen-bond acceptors (Lipinski definition) is 4. The fraction of sp³-hybridized carbons (Fsp3) is 0.273. The number of ether oxygens (including phenoxy) is 1. The van der Waals surface area contributed by atoms with E-state index in [1.165, 1.54) is 13.0 Å². The van der Waals surface area contributed by atoms with Gasteiger partial charge in [0, 0.05) is 0 Å². The van der Waals surface area contributed by atoms with Gasteiger partial charge in [-0.05, 0) is 25.5 Å². The van der Waals surface area contributed by atoms with Gasteiger partial charge in [0.25, 0.3) is 5.78 Å². The lowest BCUT2D eigenvalue weighted by atomic mass is 10.0. The molecule has 0 aliphatic rings. The summed E-state index contributed by atoms with van der Waals surface area (Å²) in [5.74, 6) is -3.92. The molecule has 0 atom stereocenters. The first-order valence-corrected chi connectivity index (χ1v) is 4.68. The Hall–Kier alpha value is -1.91. The number of esters is 1. The summed E-state index contributed by atoms with van der Waals surface area (Å²) in [6.45, 7) is 3.08. The van der Waals surface area contributed by atoms with Crippen LogP contribution in [0.4, 0.5) is 4.39 Å². The number of hydrogen-bond donors (Lipinski definition) is 1. The monoisotopic (exact) mass is 226 g/mol. The third-order valence-corrected chi connectivity index (χ3v) is 2.02. The summed E-state index contributed by atoms with van der Waals surface area (Å²) in [5.41, 5.74) is -0.0320. The molecule has 1 N–H and O–H groups in total. The predicted octanol–water partition coefficient (Wildman–Crippen LogP) is 1.59. The van der Waals surface area contributed by atoms with E-state index in [1.807, 2.05) is 0 Å². The van der Waals surface area contributed by atoms with Gasteiger partial charge < -0.3 is 9.84 Å². The average molecular weight is 226 g/mol. The van der Waals surface area contributed by atoms with Gasteiger partial charge in [-0.2, -0.15) is 0 Å². The second-order valence-corrected chi connectivity index (χ2v) is 3.14. The summed E-state index contributed by atoms with van der Waals surface area (Å²) in [6.07, 6.45) is 0. The number of Topliss-reactive ketones (excluding diaryl/α,β-unsaturated/α-hetero) is 1. The Kier molecular flexibility index (Phi) is 3.60. The summed E-state index contributed by atoms with van der Waals surface area (Å²) in [6, 6.07) is 2.33. The van der Waals surface area contributed by atoms with Crippen LogP contribution in [0.25, 0.3) is 0 Å². The van der Waals surface area contributed by atoms with Crippen molar-refractivity contribution < 1.29 is 23.8 Å². The lowest BCUT2D eigenvalue weighted by molar-refractivity contribution is -0.137. The maximum Gasteiger partial charge on any atom is 0.379 e. The van der Waals surface area contributed by atoms with Crippen molar-refractivity contribution in [3.8, 4) is 5.75 Å². The van der Waals surface area contributed by atoms with E-state index in [-0.39, 0.29) is 12.2 Å². The minimum absolute atomic E-state index is 0.0414. The summed E-state index contributed by atoms with van der Waals surface area (Å²) in [4.78, 5) is 22.7. The lowest BCUT2D eigenvalue weighted by Gasteiger charge is -2.07. The third-order valence-electron chi connectivity index (χ3n) is 2.02. The number of phenols is 1. The van der Waals surface area contributed by atoms with Gasteiger partial charge >= 0.3 is 5.97 Å². The maximum atomic E-state index is 13.0. The molecule has 1 aromatic carbocycles. The molecule has 0 spiro atoms. The molecule has 0 saturated heterocycles. The molecule has 0 amide bonds. The standard InChI is InChI=1S/C11H11FO4/c1-3-16-11(15)10(14)8-6(2)4-5-7(12)9(8)13/h4-5,13H,3H2,1-2H3. The van der Waals surface area contributed by atoms with Crippen LogP contribution in [-0.4, -0.2) is 23.5 Å². The van der Waals surface area contributed by atoms with Gasteiger partial charge in [-0.15, -0.1) is 0 Å². The SMILES string of the molecule is CCOC(=O)C(=O)c1c(C)ccc(F)c1O. The summed E-state index contributed by atoms with van der Waals surface area (Å²) >= 11 is 0. The van der Waals surface area contributed by atoms with E-state index < -0.39 is 23.3 Å². The van der Waals surface area contributed by atoms with E-state index in [4.69, 9.17) is 0 Å². The van der Waals surface area contributed by atoms with Crippen LogP contribution in [0.1, 0.15) is 22.8 Å². The van der Waals surface area contributed by atoms with Gasteiger partial charge in [0.05, 0.1) is 12.2 Å². The van der Waals surface area contributed by atoms with Gasteiger partial charge in [0.15, 0.2) is 11.6 Å². The molecule has 4 nitrogen and oxygen atoms in total. The summed E-state index contributed by atoms with van der Waals surface area (Å²) in [5, 5.41) is 9.36. The van der Waals surface area contributed by atoms with E-state index in [0.29, 0.717) is 5.56 Å². The first-order chi connectivity index (χ1) is 7.49. The average Bonchev–Trinajstić information content (AvgIpc) is 2.24. The highest BCUT2D eigenvalue weighted by Crippen LogP contribution is 2.25. The zero-order valence-electron chi connectivity index (χ0n) is 8.91. The molecule has 1 aromatic rings. The van der Waals surface area contributed by atoms with Crippen molar-refractivity contribution in [2.24, 2.45) is 0 Å². The van der Waals surface area contributed by atoms with Crippen molar-refractivity contribution in [3.63, 3.8) is 0 Å². The number of benzene rings is 1. The highest BCUT2D eigenvalue weighted by molar-refractivity contribution is 6.41. The summed E-state index contributed by atoms with van der Waals surface area (Å²) < 4.78 is 17.5. The Labute approximate surface area is 91.7 Å². The Morgan fingerprint density at radius 3 is 2.62 bits per heavy atom. The van der Waals surface area contributed by atoms with Crippen LogP contribution < -0.4 is 0 Å². The number of phenolic OH excluding ortho intramolecular Hbond substituents is 1. The topological polar surface area (TPSA) is 63.6 Å². The van der Waals surface area contributed by atoms with Crippen LogP contribution in [0.5, 0.6) is 5.75 Å². The maximum absolute atomic E-state index is 13.0. The fourth-order valence-electron chi connectivity index (χ4n) is 1.25. The minimum Gasteiger partial charge on any atom is -0.504 e. The molecule has 0 aliphatic heterocycles. The number of carbonyl (C=O) groups is 2. The normalized spacial score (nSPS) is 9.94. The molecule has 0 saturated carbocycles. The number of halogens is 1. The Balaban J connectivity index is 3.18. The Morgan fingerprint density at radius 2 is 2.06 bits per heavy atom. The molecule has 1 rings (SSSR count). The quantitative estimate of drug-likeness (QED) is 0.483. The van der Waals surface area contributed by atoms with Crippen molar-refractivity contribution >= 4 is 11.8 Å². The van der Waals surface area contributed by atoms with E-state index in [1.54, 1.807) is 6.92 Å². The van der Waals surface area contributed by atoms with E-state index in [0.717, 1.165) is 6.07 Å². The van der Waals surface area contributed by atoms with Crippen molar-refractivity contribution in [1.29, 1.82) is 0 Å². The zero-order chi connectivity index (χ0) is 12.3. The molecule has 0 unspecified atom stereocenters. The van der Waals surface area contributed by atoms with Crippen LogP contribution in [-0.2, 0) is 9.53 Å². The van der Waals surface area contributed by atoms with Crippen LogP contribution in [0.3, 0.4) is 0 Å². The molecule has 5 heteroatoms. The first kappa shape index (κ1) is 12.2. The predicted molar refractivity (Wildman–Crippen MR) is 53.8 cm³/mol. The van der Waals surface area contributed by atoms with Gasteiger partial charge in [0.1, 0.15) is 0 Å². The highest BCUT2D eigenvalue weighted by Gasteiger charge is 2.24. The smallest absolute Gasteiger partial charge is 0.379 e. The highest BCUT2D eigenvalue weighted by atomic mass is 19.1. The Bertz CT molecular complexity index is 440. The van der Waals surface area contributed by atoms with Gasteiger partial charge in [-0.3, -0.25) is 4.79 Å². The number of aromatic hydroxyl groups is 1. The van der Waals surface area contributed by atoms with Crippen LogP contribution >= 0.6 is 0 Å². The Morgan fingerprint density at radius 1 is 1.44 bits per heavy atom. The molecule has 0 heterocycles. The van der Waals surface area contributed by atoms with Crippen LogP contribution in [0.2, 0.25) is 0 Å². The van der Waals surface area contributed by atoms with E-state index >= 15 is 0 Å². The molecule has 0 aromatic heterocycles. The number of aryl methyl sites for hydroxylation is 1. The summed E-state index contributed by atoms with van der Waals surface area (Å²) in [7, 11) is 0. The lowest BCUT2D eigenvalue weighted by Crippen LogP contribution is -2.19. The second kappa shape index (κ2) is 4.74. The molecule has 0 radical (unpaired) electrons. The zero-order valence-corrected chi connectivity index (χ0v) is 8.91. The number of ketones is 1. The fourth-order valence-corrected chi connectivity index (χ4v) is 1.25. The van der Waals surface area contributed by atoms with Crippen molar-refractivity contribution in [2.45, 2.75) is 13.8 Å². The molecule has 16 heavy (non-hydrogen) atoms. The van der Waals surface area contributed by atoms with Crippen molar-refractivity contribution in [1.82, 2.24) is 0 Å². The molecule has 86 valence electrons. The van der Waals surface area contributed by atoms with Gasteiger partial charge in [0.2, 0.25) is 0 Å². The molecule has 0 fully saturated rings. The third kappa shape index (κ3) is 2.18. The van der Waals surface area contributed by atoms with Gasteiger partial charge in [-0.1, -0.05) is 6.07 Å². The van der Waals surface area contributed by atoms with Crippen molar-refractivity contribution in [3.05, 3.63) is 29.1 Å². The first-order valence-electron chi connectivity index (χ1n) is 4.68. The number of rotatable bonds is 3. The minimum atomic E-state index is -1.11. The van der Waals surface area contributed by atoms with Crippen LogP contribution in [0.15, 0.2) is 12.1 Å². The van der Waals surface area contributed by atoms with Crippen molar-refractivity contribution in [2.75, 3.05) is 6.61 Å². The second-order valence-electron chi connectivity index (χ2n) is 3.14.